The summed E-state index contributed by atoms with van der Waals surface area (Å²) in [4.78, 5) is 27.1. The van der Waals surface area contributed by atoms with Crippen LogP contribution in [0.15, 0.2) is 4.99 Å². The van der Waals surface area contributed by atoms with Crippen LogP contribution in [0.3, 0.4) is 0 Å². The summed E-state index contributed by atoms with van der Waals surface area (Å²) in [5.41, 5.74) is 0. The first kappa shape index (κ1) is 25.3. The number of nitrogens with zero attached hydrogens (tertiary/aromatic N) is 5. The fourth-order valence-electron chi connectivity index (χ4n) is 5.71. The van der Waals surface area contributed by atoms with Crippen LogP contribution in [0.4, 0.5) is 0 Å². The molecule has 3 unspecified atom stereocenters. The molecule has 0 saturated carbocycles. The second-order valence-electron chi connectivity index (χ2n) is 10.4. The average molecular weight is 449 g/mol. The molecule has 7 nitrogen and oxygen atoms in total. The Bertz CT molecular complexity index is 587. The minimum absolute atomic E-state index is 0.00463. The van der Waals surface area contributed by atoms with Crippen LogP contribution in [0.5, 0.6) is 0 Å². The van der Waals surface area contributed by atoms with Crippen molar-refractivity contribution in [2.45, 2.75) is 65.8 Å². The fraction of sp³-hybridized carbons (Fsp3) is 0.920. The monoisotopic (exact) mass is 448 g/mol. The van der Waals surface area contributed by atoms with Crippen LogP contribution in [0.2, 0.25) is 0 Å². The molecule has 32 heavy (non-hydrogen) atoms. The summed E-state index contributed by atoms with van der Waals surface area (Å²) in [7, 11) is 0. The molecule has 3 atom stereocenters. The summed E-state index contributed by atoms with van der Waals surface area (Å²) < 4.78 is 0. The molecule has 3 rings (SSSR count). The number of likely N-dealkylation sites (tertiary alicyclic amines) is 2. The van der Waals surface area contributed by atoms with Gasteiger partial charge in [-0.1, -0.05) is 13.8 Å². The molecule has 0 aromatic heterocycles. The predicted octanol–water partition coefficient (Wildman–Crippen LogP) is 2.34. The maximum atomic E-state index is 12.7. The van der Waals surface area contributed by atoms with Crippen molar-refractivity contribution in [2.75, 3.05) is 72.0 Å². The normalized spacial score (nSPS) is 27.1. The van der Waals surface area contributed by atoms with Gasteiger partial charge in [0.15, 0.2) is 5.96 Å². The van der Waals surface area contributed by atoms with E-state index < -0.39 is 0 Å². The smallest absolute Gasteiger partial charge is 0.239 e. The molecule has 184 valence electrons. The third-order valence-corrected chi connectivity index (χ3v) is 7.36. The second-order valence-corrected chi connectivity index (χ2v) is 10.4. The highest BCUT2D eigenvalue weighted by Gasteiger charge is 2.30. The van der Waals surface area contributed by atoms with E-state index in [1.807, 2.05) is 4.90 Å². The Balaban J connectivity index is 1.39. The molecule has 0 radical (unpaired) electrons. The van der Waals surface area contributed by atoms with Crippen LogP contribution in [0, 0.1) is 11.8 Å². The lowest BCUT2D eigenvalue weighted by Crippen LogP contribution is -2.57. The van der Waals surface area contributed by atoms with E-state index in [0.717, 1.165) is 89.4 Å². The Morgan fingerprint density at radius 3 is 2.25 bits per heavy atom. The van der Waals surface area contributed by atoms with E-state index in [1.54, 1.807) is 0 Å². The number of carbonyl (C=O) groups excluding carboxylic acids is 1. The fourth-order valence-corrected chi connectivity index (χ4v) is 5.71. The zero-order valence-electron chi connectivity index (χ0n) is 21.2. The van der Waals surface area contributed by atoms with E-state index in [4.69, 9.17) is 4.99 Å². The Labute approximate surface area is 196 Å². The van der Waals surface area contributed by atoms with Crippen molar-refractivity contribution in [3.05, 3.63) is 0 Å². The predicted molar refractivity (Wildman–Crippen MR) is 133 cm³/mol. The van der Waals surface area contributed by atoms with Crippen molar-refractivity contribution in [2.24, 2.45) is 16.8 Å². The Kier molecular flexibility index (Phi) is 10.1. The van der Waals surface area contributed by atoms with Gasteiger partial charge in [-0.2, -0.15) is 0 Å². The van der Waals surface area contributed by atoms with Gasteiger partial charge in [0, 0.05) is 65.4 Å². The van der Waals surface area contributed by atoms with Crippen LogP contribution in [-0.4, -0.2) is 110 Å². The minimum atomic E-state index is -0.00463. The molecule has 3 heterocycles. The summed E-state index contributed by atoms with van der Waals surface area (Å²) in [6.45, 7) is 20.1. The van der Waals surface area contributed by atoms with Crippen molar-refractivity contribution >= 4 is 11.9 Å². The quantitative estimate of drug-likeness (QED) is 0.351. The SMILES string of the molecule is CCNC(=NCCCCN1CC(C)CC(C)C1)N1CCN(C(C)C(=O)N2CCCC2)CC1. The molecule has 0 aliphatic carbocycles. The Morgan fingerprint density at radius 2 is 1.62 bits per heavy atom. The molecule has 1 amide bonds. The maximum absolute atomic E-state index is 12.7. The minimum Gasteiger partial charge on any atom is -0.357 e. The molecule has 3 fully saturated rings. The van der Waals surface area contributed by atoms with Gasteiger partial charge in [0.2, 0.25) is 5.91 Å². The molecule has 3 saturated heterocycles. The first-order valence-corrected chi connectivity index (χ1v) is 13.3. The van der Waals surface area contributed by atoms with Crippen molar-refractivity contribution in [3.8, 4) is 0 Å². The number of hydrogen-bond acceptors (Lipinski definition) is 4. The number of nitrogens with one attached hydrogen (secondary N) is 1. The molecule has 0 aromatic carbocycles. The number of rotatable bonds is 8. The lowest BCUT2D eigenvalue weighted by molar-refractivity contribution is -0.135. The van der Waals surface area contributed by atoms with E-state index >= 15 is 0 Å². The Morgan fingerprint density at radius 1 is 0.969 bits per heavy atom. The summed E-state index contributed by atoms with van der Waals surface area (Å²) in [5.74, 6) is 3.04. The molecule has 7 heteroatoms. The van der Waals surface area contributed by atoms with Gasteiger partial charge in [0.1, 0.15) is 0 Å². The van der Waals surface area contributed by atoms with Gasteiger partial charge in [0.25, 0.3) is 0 Å². The molecular weight excluding hydrogens is 400 g/mol. The zero-order valence-corrected chi connectivity index (χ0v) is 21.2. The lowest BCUT2D eigenvalue weighted by Gasteiger charge is -2.39. The van der Waals surface area contributed by atoms with Gasteiger partial charge >= 0.3 is 0 Å². The summed E-state index contributed by atoms with van der Waals surface area (Å²) in [6, 6.07) is -0.00463. The van der Waals surface area contributed by atoms with Gasteiger partial charge in [-0.25, -0.2) is 0 Å². The first-order valence-electron chi connectivity index (χ1n) is 13.3. The van der Waals surface area contributed by atoms with E-state index in [-0.39, 0.29) is 6.04 Å². The standard InChI is InChI=1S/C25H48N6O/c1-5-26-25(27-10-6-7-11-28-19-21(2)18-22(3)20-28)31-16-14-29(15-17-31)23(4)24(32)30-12-8-9-13-30/h21-23H,5-20H2,1-4H3,(H,26,27). The highest BCUT2D eigenvalue weighted by molar-refractivity contribution is 5.82. The molecule has 3 aliphatic heterocycles. The molecule has 0 bridgehead atoms. The van der Waals surface area contributed by atoms with Crippen LogP contribution < -0.4 is 5.32 Å². The highest BCUT2D eigenvalue weighted by Crippen LogP contribution is 2.21. The van der Waals surface area contributed by atoms with E-state index in [9.17, 15) is 4.79 Å². The van der Waals surface area contributed by atoms with E-state index in [0.29, 0.717) is 5.91 Å². The largest absolute Gasteiger partial charge is 0.357 e. The van der Waals surface area contributed by atoms with Crippen molar-refractivity contribution in [3.63, 3.8) is 0 Å². The number of guanidine groups is 1. The third-order valence-electron chi connectivity index (χ3n) is 7.36. The number of unbranched alkanes of at least 4 members (excludes halogenated alkanes) is 1. The highest BCUT2D eigenvalue weighted by atomic mass is 16.2. The molecule has 0 spiro atoms. The summed E-state index contributed by atoms with van der Waals surface area (Å²) >= 11 is 0. The molecule has 3 aliphatic rings. The molecule has 0 aromatic rings. The van der Waals surface area contributed by atoms with Gasteiger partial charge < -0.3 is 20.0 Å². The van der Waals surface area contributed by atoms with Gasteiger partial charge in [0.05, 0.1) is 6.04 Å². The number of carbonyl (C=O) groups is 1. The topological polar surface area (TPSA) is 54.4 Å². The van der Waals surface area contributed by atoms with Gasteiger partial charge in [-0.3, -0.25) is 14.7 Å². The average Bonchev–Trinajstić information content (AvgIpc) is 3.31. The van der Waals surface area contributed by atoms with Crippen molar-refractivity contribution in [1.82, 2.24) is 24.9 Å². The summed E-state index contributed by atoms with van der Waals surface area (Å²) in [5, 5.41) is 3.49. The van der Waals surface area contributed by atoms with Crippen LogP contribution in [0.25, 0.3) is 0 Å². The maximum Gasteiger partial charge on any atom is 0.239 e. The third kappa shape index (κ3) is 7.34. The van der Waals surface area contributed by atoms with Gasteiger partial charge in [-0.15, -0.1) is 0 Å². The Hall–Kier alpha value is -1.34. The lowest BCUT2D eigenvalue weighted by atomic mass is 9.92. The number of hydrogen-bond donors (Lipinski definition) is 1. The van der Waals surface area contributed by atoms with Crippen LogP contribution in [-0.2, 0) is 4.79 Å². The van der Waals surface area contributed by atoms with Crippen molar-refractivity contribution in [1.29, 1.82) is 0 Å². The number of aliphatic imine (C=N–C) groups is 1. The molecule has 1 N–H and O–H groups in total. The second kappa shape index (κ2) is 12.8. The number of amides is 1. The van der Waals surface area contributed by atoms with E-state index in [1.165, 1.54) is 32.5 Å². The molecular formula is C25H48N6O. The number of piperidine rings is 1. The number of piperazine rings is 1. The van der Waals surface area contributed by atoms with Crippen molar-refractivity contribution < 1.29 is 4.79 Å². The zero-order chi connectivity index (χ0) is 22.9. The van der Waals surface area contributed by atoms with Crippen LogP contribution in [0.1, 0.15) is 59.8 Å². The van der Waals surface area contributed by atoms with E-state index in [2.05, 4.69) is 47.7 Å². The van der Waals surface area contributed by atoms with Gasteiger partial charge in [-0.05, 0) is 64.3 Å². The van der Waals surface area contributed by atoms with Crippen LogP contribution >= 0.6 is 0 Å². The first-order chi connectivity index (χ1) is 15.5. The summed E-state index contributed by atoms with van der Waals surface area (Å²) in [6.07, 6.45) is 6.07.